The molecule has 2 aromatic carbocycles. The molecular weight excluding hydrogens is 385 g/mol. The maximum atomic E-state index is 13.3. The van der Waals surface area contributed by atoms with Crippen LogP contribution < -0.4 is 4.74 Å². The molecule has 1 aliphatic rings. The third-order valence-corrected chi connectivity index (χ3v) is 5.54. The third kappa shape index (κ3) is 3.52. The van der Waals surface area contributed by atoms with Crippen LogP contribution in [0.15, 0.2) is 48.2 Å². The third-order valence-electron chi connectivity index (χ3n) is 5.54. The van der Waals surface area contributed by atoms with E-state index in [1.807, 2.05) is 0 Å². The van der Waals surface area contributed by atoms with Crippen molar-refractivity contribution in [3.8, 4) is 11.8 Å². The highest BCUT2D eigenvalue weighted by Crippen LogP contribution is 2.33. The van der Waals surface area contributed by atoms with Crippen molar-refractivity contribution in [1.82, 2.24) is 9.80 Å². The highest BCUT2D eigenvalue weighted by atomic mass is 19.1. The molecule has 1 fully saturated rings. The van der Waals surface area contributed by atoms with Crippen molar-refractivity contribution in [2.45, 2.75) is 18.9 Å². The Morgan fingerprint density at radius 2 is 1.83 bits per heavy atom. The van der Waals surface area contributed by atoms with Crippen molar-refractivity contribution in [2.24, 2.45) is 0 Å². The van der Waals surface area contributed by atoms with Crippen molar-refractivity contribution < 1.29 is 18.7 Å². The first-order chi connectivity index (χ1) is 14.2. The summed E-state index contributed by atoms with van der Waals surface area (Å²) in [7, 11) is 4.57. The molecule has 3 rings (SSSR count). The van der Waals surface area contributed by atoms with E-state index in [-0.39, 0.29) is 29.7 Å². The molecule has 0 N–H and O–H groups in total. The number of piperazine rings is 1. The van der Waals surface area contributed by atoms with Crippen LogP contribution in [-0.2, 0) is 16.0 Å². The molecule has 7 heteroatoms. The van der Waals surface area contributed by atoms with Gasteiger partial charge in [-0.2, -0.15) is 5.26 Å². The van der Waals surface area contributed by atoms with E-state index in [2.05, 4.69) is 6.07 Å². The quantitative estimate of drug-likeness (QED) is 0.731. The van der Waals surface area contributed by atoms with E-state index in [4.69, 9.17) is 4.74 Å². The van der Waals surface area contributed by atoms with E-state index in [0.29, 0.717) is 16.9 Å². The fourth-order valence-corrected chi connectivity index (χ4v) is 3.61. The van der Waals surface area contributed by atoms with E-state index < -0.39 is 5.54 Å². The molecule has 1 aliphatic heterocycles. The summed E-state index contributed by atoms with van der Waals surface area (Å²) in [6.07, 6.45) is 1.75. The number of rotatable bonds is 4. The minimum atomic E-state index is -1.14. The summed E-state index contributed by atoms with van der Waals surface area (Å²) >= 11 is 0. The first kappa shape index (κ1) is 21.1. The zero-order valence-corrected chi connectivity index (χ0v) is 17.3. The van der Waals surface area contributed by atoms with Crippen LogP contribution in [0.25, 0.3) is 6.08 Å². The van der Waals surface area contributed by atoms with Gasteiger partial charge in [-0.05, 0) is 42.8 Å². The topological polar surface area (TPSA) is 73.6 Å². The van der Waals surface area contributed by atoms with Crippen LogP contribution in [0.4, 0.5) is 4.39 Å². The standard InChI is InChI=1S/C23H22FN3O3/c1-23(13-15-8-10-17(24)11-9-15)22(29)26(2)19(21(28)27(23)3)12-18-16(14-25)6-5-7-20(18)30-4/h5-12H,13H2,1-4H3/b19-12+. The van der Waals surface area contributed by atoms with Gasteiger partial charge in [0.2, 0.25) is 0 Å². The van der Waals surface area contributed by atoms with E-state index in [1.54, 1.807) is 44.3 Å². The molecule has 30 heavy (non-hydrogen) atoms. The number of hydrogen-bond donors (Lipinski definition) is 0. The number of methoxy groups -OCH3 is 1. The molecule has 0 bridgehead atoms. The van der Waals surface area contributed by atoms with Gasteiger partial charge >= 0.3 is 0 Å². The van der Waals surface area contributed by atoms with Crippen molar-refractivity contribution >= 4 is 17.9 Å². The fourth-order valence-electron chi connectivity index (χ4n) is 3.61. The molecule has 2 aromatic rings. The van der Waals surface area contributed by atoms with Crippen molar-refractivity contribution in [3.05, 3.63) is 70.7 Å². The number of likely N-dealkylation sites (N-methyl/N-ethyl adjacent to an activating group) is 2. The van der Waals surface area contributed by atoms with Crippen LogP contribution in [0.1, 0.15) is 23.6 Å². The molecule has 0 radical (unpaired) electrons. The van der Waals surface area contributed by atoms with Crippen LogP contribution >= 0.6 is 0 Å². The van der Waals surface area contributed by atoms with E-state index in [9.17, 15) is 19.2 Å². The van der Waals surface area contributed by atoms with Gasteiger partial charge in [0, 0.05) is 26.1 Å². The minimum absolute atomic E-state index is 0.139. The van der Waals surface area contributed by atoms with Crippen LogP contribution in [0, 0.1) is 17.1 Å². The predicted octanol–water partition coefficient (Wildman–Crippen LogP) is 2.98. The average molecular weight is 407 g/mol. The van der Waals surface area contributed by atoms with Crippen molar-refractivity contribution in [3.63, 3.8) is 0 Å². The maximum Gasteiger partial charge on any atom is 0.271 e. The lowest BCUT2D eigenvalue weighted by molar-refractivity contribution is -0.155. The Morgan fingerprint density at radius 3 is 2.43 bits per heavy atom. The monoisotopic (exact) mass is 407 g/mol. The number of benzene rings is 2. The van der Waals surface area contributed by atoms with Gasteiger partial charge in [0.25, 0.3) is 11.8 Å². The second-order valence-corrected chi connectivity index (χ2v) is 7.37. The second kappa shape index (κ2) is 7.99. The number of nitriles is 1. The summed E-state index contributed by atoms with van der Waals surface area (Å²) in [6, 6.07) is 12.9. The summed E-state index contributed by atoms with van der Waals surface area (Å²) in [5, 5.41) is 9.43. The van der Waals surface area contributed by atoms with Gasteiger partial charge in [-0.1, -0.05) is 18.2 Å². The number of halogens is 1. The number of carbonyl (C=O) groups is 2. The Labute approximate surface area is 174 Å². The summed E-state index contributed by atoms with van der Waals surface area (Å²) in [5.41, 5.74) is 0.503. The number of carbonyl (C=O) groups excluding carboxylic acids is 2. The van der Waals surface area contributed by atoms with Crippen LogP contribution in [-0.4, -0.2) is 48.4 Å². The highest BCUT2D eigenvalue weighted by molar-refractivity contribution is 6.09. The summed E-state index contributed by atoms with van der Waals surface area (Å²) in [4.78, 5) is 29.2. The molecule has 154 valence electrons. The van der Waals surface area contributed by atoms with Gasteiger partial charge in [0.15, 0.2) is 0 Å². The Hall–Kier alpha value is -3.66. The van der Waals surface area contributed by atoms with E-state index in [1.165, 1.54) is 42.2 Å². The lowest BCUT2D eigenvalue weighted by Crippen LogP contribution is -2.64. The highest BCUT2D eigenvalue weighted by Gasteiger charge is 2.48. The summed E-state index contributed by atoms with van der Waals surface area (Å²) in [6.45, 7) is 1.69. The lowest BCUT2D eigenvalue weighted by atomic mass is 9.87. The normalized spacial score (nSPS) is 20.5. The van der Waals surface area contributed by atoms with E-state index >= 15 is 0 Å². The number of nitrogens with zero attached hydrogens (tertiary/aromatic N) is 3. The van der Waals surface area contributed by atoms with Gasteiger partial charge in [0.1, 0.15) is 22.8 Å². The zero-order valence-electron chi connectivity index (χ0n) is 17.3. The number of amides is 2. The molecule has 0 spiro atoms. The first-order valence-corrected chi connectivity index (χ1v) is 9.32. The molecule has 2 amide bonds. The fraction of sp³-hybridized carbons (Fsp3) is 0.261. The van der Waals surface area contributed by atoms with Crippen molar-refractivity contribution in [2.75, 3.05) is 21.2 Å². The van der Waals surface area contributed by atoms with Crippen LogP contribution in [0.5, 0.6) is 5.75 Å². The van der Waals surface area contributed by atoms with Crippen LogP contribution in [0.3, 0.4) is 0 Å². The van der Waals surface area contributed by atoms with Gasteiger partial charge in [0.05, 0.1) is 18.7 Å². The van der Waals surface area contributed by atoms with E-state index in [0.717, 1.165) is 5.56 Å². The Balaban J connectivity index is 2.03. The molecule has 6 nitrogen and oxygen atoms in total. The number of ether oxygens (including phenoxy) is 1. The van der Waals surface area contributed by atoms with Gasteiger partial charge < -0.3 is 14.5 Å². The Morgan fingerprint density at radius 1 is 1.17 bits per heavy atom. The molecule has 0 saturated carbocycles. The number of hydrogen-bond acceptors (Lipinski definition) is 4. The van der Waals surface area contributed by atoms with Crippen molar-refractivity contribution in [1.29, 1.82) is 5.26 Å². The predicted molar refractivity (Wildman–Crippen MR) is 110 cm³/mol. The Kier molecular flexibility index (Phi) is 5.61. The SMILES string of the molecule is COc1cccc(C#N)c1/C=C1\C(=O)N(C)C(C)(Cc2ccc(F)cc2)C(=O)N1C. The van der Waals surface area contributed by atoms with Crippen LogP contribution in [0.2, 0.25) is 0 Å². The van der Waals surface area contributed by atoms with Gasteiger partial charge in [-0.15, -0.1) is 0 Å². The lowest BCUT2D eigenvalue weighted by Gasteiger charge is -2.45. The largest absolute Gasteiger partial charge is 0.496 e. The molecule has 1 atom stereocenters. The molecule has 1 saturated heterocycles. The summed E-state index contributed by atoms with van der Waals surface area (Å²) < 4.78 is 18.6. The van der Waals surface area contributed by atoms with Gasteiger partial charge in [-0.25, -0.2) is 4.39 Å². The molecular formula is C23H22FN3O3. The minimum Gasteiger partial charge on any atom is -0.496 e. The molecule has 1 heterocycles. The van der Waals surface area contributed by atoms with Gasteiger partial charge in [-0.3, -0.25) is 9.59 Å². The first-order valence-electron chi connectivity index (χ1n) is 9.32. The smallest absolute Gasteiger partial charge is 0.271 e. The molecule has 0 aliphatic carbocycles. The summed E-state index contributed by atoms with van der Waals surface area (Å²) in [5.74, 6) is -0.585. The second-order valence-electron chi connectivity index (χ2n) is 7.37. The Bertz CT molecular complexity index is 1070. The average Bonchev–Trinajstić information content (AvgIpc) is 2.75. The zero-order chi connectivity index (χ0) is 22.1. The molecule has 1 unspecified atom stereocenters. The molecule has 0 aromatic heterocycles. The maximum absolute atomic E-state index is 13.3.